The van der Waals surface area contributed by atoms with E-state index in [9.17, 15) is 9.90 Å². The van der Waals surface area contributed by atoms with E-state index in [1.54, 1.807) is 0 Å². The van der Waals surface area contributed by atoms with Crippen molar-refractivity contribution in [1.29, 1.82) is 0 Å². The largest absolute Gasteiger partial charge is 0.480 e. The van der Waals surface area contributed by atoms with Crippen LogP contribution < -0.4 is 0 Å². The molecule has 3 aromatic carbocycles. The summed E-state index contributed by atoms with van der Waals surface area (Å²) in [6.45, 7) is 2.16. The van der Waals surface area contributed by atoms with Gasteiger partial charge in [0.25, 0.3) is 0 Å². The van der Waals surface area contributed by atoms with Gasteiger partial charge in [-0.05, 0) is 29.7 Å². The molecular weight excluding hydrogens is 334 g/mol. The smallest absolute Gasteiger partial charge is 0.323 e. The summed E-state index contributed by atoms with van der Waals surface area (Å²) >= 11 is 0. The summed E-state index contributed by atoms with van der Waals surface area (Å²) in [6.07, 6.45) is 2.00. The zero-order valence-corrected chi connectivity index (χ0v) is 15.2. The van der Waals surface area contributed by atoms with E-state index in [-0.39, 0.29) is 6.54 Å². The van der Waals surface area contributed by atoms with Crippen LogP contribution in [0, 0.1) is 0 Å². The Kier molecular flexibility index (Phi) is 4.28. The quantitative estimate of drug-likeness (QED) is 0.542. The highest BCUT2D eigenvalue weighted by Gasteiger charge is 2.34. The van der Waals surface area contributed by atoms with E-state index in [4.69, 9.17) is 0 Å². The standard InChI is InChI=1S/C24H21NO2/c1-24(18-10-4-2-5-11-18,19-12-6-3-7-13-19)21-16-25(17-23(26)27)22-15-9-8-14-20(21)22/h2-16H,17H2,1H3,(H,26,27). The van der Waals surface area contributed by atoms with Crippen LogP contribution in [0.15, 0.2) is 91.1 Å². The number of fused-ring (bicyclic) bond motifs is 1. The molecule has 1 heterocycles. The lowest BCUT2D eigenvalue weighted by atomic mass is 9.71. The number of hydrogen-bond donors (Lipinski definition) is 1. The average Bonchev–Trinajstić information content (AvgIpc) is 3.07. The van der Waals surface area contributed by atoms with Gasteiger partial charge in [0.15, 0.2) is 0 Å². The fourth-order valence-corrected chi connectivity index (χ4v) is 3.94. The van der Waals surface area contributed by atoms with Crippen molar-refractivity contribution in [3.05, 3.63) is 108 Å². The number of carboxylic acids is 1. The van der Waals surface area contributed by atoms with E-state index >= 15 is 0 Å². The van der Waals surface area contributed by atoms with Crippen LogP contribution in [0.1, 0.15) is 23.6 Å². The molecule has 1 N–H and O–H groups in total. The molecule has 0 saturated heterocycles. The maximum absolute atomic E-state index is 11.4. The number of benzene rings is 3. The van der Waals surface area contributed by atoms with Crippen LogP contribution in [-0.2, 0) is 16.8 Å². The van der Waals surface area contributed by atoms with Crippen molar-refractivity contribution in [2.75, 3.05) is 0 Å². The van der Waals surface area contributed by atoms with Gasteiger partial charge in [-0.3, -0.25) is 4.79 Å². The van der Waals surface area contributed by atoms with E-state index in [2.05, 4.69) is 37.3 Å². The Bertz CT molecular complexity index is 1040. The number of aliphatic carboxylic acids is 1. The molecule has 0 atom stereocenters. The lowest BCUT2D eigenvalue weighted by molar-refractivity contribution is -0.137. The molecular formula is C24H21NO2. The summed E-state index contributed by atoms with van der Waals surface area (Å²) < 4.78 is 1.83. The number of hydrogen-bond acceptors (Lipinski definition) is 1. The Labute approximate surface area is 158 Å². The molecule has 0 bridgehead atoms. The van der Waals surface area contributed by atoms with Gasteiger partial charge in [0, 0.05) is 22.5 Å². The Morgan fingerprint density at radius 2 is 1.37 bits per heavy atom. The van der Waals surface area contributed by atoms with Gasteiger partial charge in [-0.25, -0.2) is 0 Å². The molecule has 0 aliphatic heterocycles. The fourth-order valence-electron chi connectivity index (χ4n) is 3.94. The minimum atomic E-state index is -0.844. The summed E-state index contributed by atoms with van der Waals surface area (Å²) in [5, 5.41) is 10.4. The second-order valence-corrected chi connectivity index (χ2v) is 6.94. The molecule has 0 saturated carbocycles. The Balaban J connectivity index is 2.04. The van der Waals surface area contributed by atoms with Gasteiger partial charge in [-0.15, -0.1) is 0 Å². The Morgan fingerprint density at radius 1 is 0.852 bits per heavy atom. The van der Waals surface area contributed by atoms with Gasteiger partial charge >= 0.3 is 5.97 Å². The van der Waals surface area contributed by atoms with E-state index in [0.717, 1.165) is 16.5 Å². The Morgan fingerprint density at radius 3 is 1.93 bits per heavy atom. The van der Waals surface area contributed by atoms with Crippen molar-refractivity contribution in [2.45, 2.75) is 18.9 Å². The SMILES string of the molecule is CC(c1ccccc1)(c1ccccc1)c1cn(CC(=O)O)c2ccccc12. The third-order valence-electron chi connectivity index (χ3n) is 5.34. The van der Waals surface area contributed by atoms with Crippen molar-refractivity contribution in [3.63, 3.8) is 0 Å². The molecule has 0 aliphatic rings. The highest BCUT2D eigenvalue weighted by atomic mass is 16.4. The van der Waals surface area contributed by atoms with Gasteiger partial charge in [-0.1, -0.05) is 78.9 Å². The summed E-state index contributed by atoms with van der Waals surface area (Å²) in [5.74, 6) is -0.844. The number of nitrogens with zero attached hydrogens (tertiary/aromatic N) is 1. The van der Waals surface area contributed by atoms with Crippen LogP contribution in [0.2, 0.25) is 0 Å². The van der Waals surface area contributed by atoms with Crippen LogP contribution in [0.5, 0.6) is 0 Å². The summed E-state index contributed by atoms with van der Waals surface area (Å²) in [4.78, 5) is 11.4. The van der Waals surface area contributed by atoms with Crippen LogP contribution in [0.4, 0.5) is 0 Å². The van der Waals surface area contributed by atoms with Crippen molar-refractivity contribution in [2.24, 2.45) is 0 Å². The molecule has 134 valence electrons. The highest BCUT2D eigenvalue weighted by Crippen LogP contribution is 2.42. The lowest BCUT2D eigenvalue weighted by Gasteiger charge is -2.31. The average molecular weight is 355 g/mol. The number of carbonyl (C=O) groups is 1. The van der Waals surface area contributed by atoms with Gasteiger partial charge in [0.1, 0.15) is 6.54 Å². The number of carboxylic acid groups (broad SMARTS) is 1. The van der Waals surface area contributed by atoms with Gasteiger partial charge in [-0.2, -0.15) is 0 Å². The summed E-state index contributed by atoms with van der Waals surface area (Å²) in [6, 6.07) is 28.8. The maximum Gasteiger partial charge on any atom is 0.323 e. The van der Waals surface area contributed by atoms with E-state index in [1.165, 1.54) is 11.1 Å². The first-order chi connectivity index (χ1) is 13.1. The Hall–Kier alpha value is -3.33. The number of rotatable bonds is 5. The van der Waals surface area contributed by atoms with Crippen LogP contribution in [0.25, 0.3) is 10.9 Å². The number of aromatic nitrogens is 1. The molecule has 27 heavy (non-hydrogen) atoms. The molecule has 0 fully saturated rings. The van der Waals surface area contributed by atoms with Gasteiger partial charge in [0.2, 0.25) is 0 Å². The minimum Gasteiger partial charge on any atom is -0.480 e. The first-order valence-electron chi connectivity index (χ1n) is 9.02. The normalized spacial score (nSPS) is 11.6. The molecule has 1 aromatic heterocycles. The molecule has 0 aliphatic carbocycles. The van der Waals surface area contributed by atoms with Crippen molar-refractivity contribution in [1.82, 2.24) is 4.57 Å². The molecule has 0 unspecified atom stereocenters. The highest BCUT2D eigenvalue weighted by molar-refractivity contribution is 5.87. The third-order valence-corrected chi connectivity index (χ3v) is 5.34. The number of para-hydroxylation sites is 1. The molecule has 0 radical (unpaired) electrons. The molecule has 3 nitrogen and oxygen atoms in total. The van der Waals surface area contributed by atoms with E-state index in [1.807, 2.05) is 65.4 Å². The predicted molar refractivity (Wildman–Crippen MR) is 108 cm³/mol. The lowest BCUT2D eigenvalue weighted by Crippen LogP contribution is -2.25. The second kappa shape index (κ2) is 6.76. The summed E-state index contributed by atoms with van der Waals surface area (Å²) in [5.41, 5.74) is 4.00. The zero-order chi connectivity index (χ0) is 18.9. The van der Waals surface area contributed by atoms with Crippen molar-refractivity contribution < 1.29 is 9.90 Å². The van der Waals surface area contributed by atoms with Gasteiger partial charge < -0.3 is 9.67 Å². The molecule has 4 rings (SSSR count). The topological polar surface area (TPSA) is 42.2 Å². The van der Waals surface area contributed by atoms with Crippen LogP contribution in [-0.4, -0.2) is 15.6 Å². The monoisotopic (exact) mass is 355 g/mol. The minimum absolute atomic E-state index is 0.0554. The van der Waals surface area contributed by atoms with E-state index in [0.29, 0.717) is 0 Å². The summed E-state index contributed by atoms with van der Waals surface area (Å²) in [7, 11) is 0. The first kappa shape index (κ1) is 17.1. The third kappa shape index (κ3) is 2.91. The maximum atomic E-state index is 11.4. The molecule has 3 heteroatoms. The molecule has 0 spiro atoms. The van der Waals surface area contributed by atoms with Crippen LogP contribution in [0.3, 0.4) is 0 Å². The van der Waals surface area contributed by atoms with Crippen LogP contribution >= 0.6 is 0 Å². The zero-order valence-electron chi connectivity index (χ0n) is 15.2. The molecule has 0 amide bonds. The molecule has 4 aromatic rings. The second-order valence-electron chi connectivity index (χ2n) is 6.94. The van der Waals surface area contributed by atoms with Crippen molar-refractivity contribution in [3.8, 4) is 0 Å². The van der Waals surface area contributed by atoms with Gasteiger partial charge in [0.05, 0.1) is 0 Å². The first-order valence-corrected chi connectivity index (χ1v) is 9.02. The predicted octanol–water partition coefficient (Wildman–Crippen LogP) is 5.08. The fraction of sp³-hybridized carbons (Fsp3) is 0.125. The van der Waals surface area contributed by atoms with Crippen molar-refractivity contribution >= 4 is 16.9 Å². The van der Waals surface area contributed by atoms with E-state index < -0.39 is 11.4 Å².